The van der Waals surface area contributed by atoms with Crippen molar-refractivity contribution in [1.29, 1.82) is 0 Å². The monoisotopic (exact) mass is 540 g/mol. The Morgan fingerprint density at radius 2 is 1.17 bits per heavy atom. The van der Waals surface area contributed by atoms with Crippen LogP contribution in [0.1, 0.15) is 86.1 Å². The van der Waals surface area contributed by atoms with Crippen molar-refractivity contribution in [2.45, 2.75) is 98.0 Å². The van der Waals surface area contributed by atoms with Gasteiger partial charge in [-0.2, -0.15) is 0 Å². The van der Waals surface area contributed by atoms with Crippen LogP contribution in [0.15, 0.2) is 24.3 Å². The predicted octanol–water partition coefficient (Wildman–Crippen LogP) is 10.7. The summed E-state index contributed by atoms with van der Waals surface area (Å²) in [7, 11) is 0.288. The maximum Gasteiger partial charge on any atom is 0.149 e. The van der Waals surface area contributed by atoms with Gasteiger partial charge in [-0.25, -0.2) is 0 Å². The second kappa shape index (κ2) is 7.08. The van der Waals surface area contributed by atoms with E-state index in [1.54, 1.807) is 19.0 Å². The zero-order valence-electron chi connectivity index (χ0n) is 23.5. The van der Waals surface area contributed by atoms with E-state index in [9.17, 15) is 0 Å². The molecular formula is C30H40OP4. The Morgan fingerprint density at radius 3 is 1.60 bits per heavy atom. The maximum atomic E-state index is 7.72. The molecule has 6 atom stereocenters. The van der Waals surface area contributed by atoms with Crippen molar-refractivity contribution >= 4 is 36.6 Å². The molecule has 5 heteroatoms. The molecule has 7 rings (SSSR count). The first-order valence-electron chi connectivity index (χ1n) is 12.9. The molecule has 1 nitrogen and oxygen atoms in total. The Labute approximate surface area is 218 Å². The van der Waals surface area contributed by atoms with E-state index in [0.717, 1.165) is 0 Å². The summed E-state index contributed by atoms with van der Waals surface area (Å²) < 4.78 is 7.72. The molecule has 4 saturated heterocycles. The van der Waals surface area contributed by atoms with Gasteiger partial charge in [0.1, 0.15) is 5.08 Å². The van der Waals surface area contributed by atoms with Crippen LogP contribution in [-0.2, 0) is 14.5 Å². The normalized spacial score (nSPS) is 37.1. The Kier molecular flexibility index (Phi) is 5.09. The summed E-state index contributed by atoms with van der Waals surface area (Å²) in [4.78, 5) is 0.544. The summed E-state index contributed by atoms with van der Waals surface area (Å²) in [6, 6.07) is 9.75. The first kappa shape index (κ1) is 25.2. The van der Waals surface area contributed by atoms with Gasteiger partial charge in [0.05, 0.1) is 17.9 Å². The van der Waals surface area contributed by atoms with Crippen LogP contribution >= 0.6 is 31.6 Å². The van der Waals surface area contributed by atoms with Gasteiger partial charge in [0.25, 0.3) is 0 Å². The van der Waals surface area contributed by atoms with E-state index >= 15 is 0 Å². The van der Waals surface area contributed by atoms with E-state index in [1.807, 2.05) is 5.03 Å². The summed E-state index contributed by atoms with van der Waals surface area (Å²) in [6.45, 7) is 29.1. The molecule has 5 aliphatic rings. The third kappa shape index (κ3) is 2.61. The zero-order valence-corrected chi connectivity index (χ0v) is 27.1. The first-order valence-corrected chi connectivity index (χ1v) is 18.5. The molecule has 6 bridgehead atoms. The van der Waals surface area contributed by atoms with Crippen LogP contribution in [0.5, 0.6) is 0 Å². The Bertz CT molecular complexity index is 1300. The lowest BCUT2D eigenvalue weighted by Crippen LogP contribution is -2.36. The average Bonchev–Trinajstić information content (AvgIpc) is 2.95. The van der Waals surface area contributed by atoms with Gasteiger partial charge in [-0.3, -0.25) is 0 Å². The van der Waals surface area contributed by atoms with Crippen LogP contribution in [0.4, 0.5) is 0 Å². The van der Waals surface area contributed by atoms with Gasteiger partial charge in [0, 0.05) is 7.61 Å². The van der Waals surface area contributed by atoms with E-state index in [0.29, 0.717) is 4.90 Å². The number of hydrogen-bond donors (Lipinski definition) is 0. The molecule has 0 N–H and O–H groups in total. The fourth-order valence-corrected chi connectivity index (χ4v) is 36.0. The molecule has 186 valence electrons. The molecule has 0 amide bonds. The molecule has 0 spiro atoms. The number of hydrogen-bond acceptors (Lipinski definition) is 1. The van der Waals surface area contributed by atoms with Crippen LogP contribution in [0.3, 0.4) is 0 Å². The Hall–Kier alpha value is -0.140. The van der Waals surface area contributed by atoms with Crippen molar-refractivity contribution in [2.24, 2.45) is 10.8 Å². The van der Waals surface area contributed by atoms with E-state index in [4.69, 9.17) is 4.52 Å². The second-order valence-electron chi connectivity index (χ2n) is 13.5. The third-order valence-electron chi connectivity index (χ3n) is 8.61. The highest BCUT2D eigenvalue weighted by Crippen LogP contribution is 3.28. The highest BCUT2D eigenvalue weighted by molar-refractivity contribution is 8.40. The molecule has 0 saturated carbocycles. The Balaban J connectivity index is 1.73. The molecule has 4 fully saturated rings. The summed E-state index contributed by atoms with van der Waals surface area (Å²) in [6.07, 6.45) is 0. The minimum atomic E-state index is -0.525. The lowest BCUT2D eigenvalue weighted by atomic mass is 9.85. The van der Waals surface area contributed by atoms with Crippen molar-refractivity contribution in [1.82, 2.24) is 0 Å². The minimum Gasteiger partial charge on any atom is -0.336 e. The van der Waals surface area contributed by atoms with Crippen LogP contribution in [0.25, 0.3) is 0 Å². The molecule has 5 heterocycles. The molecule has 0 radical (unpaired) electrons. The van der Waals surface area contributed by atoms with E-state index < -0.39 is 23.7 Å². The minimum absolute atomic E-state index is 0.0561. The van der Waals surface area contributed by atoms with Crippen LogP contribution < -0.4 is 0 Å². The molecule has 5 aliphatic heterocycles. The van der Waals surface area contributed by atoms with Crippen molar-refractivity contribution in [3.05, 3.63) is 68.8 Å². The largest absolute Gasteiger partial charge is 0.336 e. The van der Waals surface area contributed by atoms with Crippen molar-refractivity contribution < 1.29 is 4.52 Å². The summed E-state index contributed by atoms with van der Waals surface area (Å²) in [5.74, 6) is 0. The summed E-state index contributed by atoms with van der Waals surface area (Å²) >= 11 is 0. The number of aryl methyl sites for hydroxylation is 6. The predicted molar refractivity (Wildman–Crippen MR) is 160 cm³/mol. The van der Waals surface area contributed by atoms with Crippen LogP contribution in [-0.4, -0.2) is 9.93 Å². The van der Waals surface area contributed by atoms with Gasteiger partial charge in [-0.15, -0.1) is 0 Å². The van der Waals surface area contributed by atoms with E-state index in [-0.39, 0.29) is 20.8 Å². The van der Waals surface area contributed by atoms with Gasteiger partial charge < -0.3 is 4.52 Å². The first-order chi connectivity index (χ1) is 16.1. The fourth-order valence-electron chi connectivity index (χ4n) is 7.96. The molecule has 0 aromatic heterocycles. The smallest absolute Gasteiger partial charge is 0.149 e. The SMILES string of the molecule is Cc1cc(C)c(C23OP4C5(c6c(C)cc(C)cc6C)P2P=C(C(C)(C)C)P3C45C(C)(C)C)c(C)c1. The maximum absolute atomic E-state index is 7.72. The molecular weight excluding hydrogens is 500 g/mol. The summed E-state index contributed by atoms with van der Waals surface area (Å²) in [5, 5.41) is 1.79. The van der Waals surface area contributed by atoms with Gasteiger partial charge in [0.15, 0.2) is 0 Å². The van der Waals surface area contributed by atoms with E-state index in [2.05, 4.69) is 107 Å². The molecule has 6 unspecified atom stereocenters. The van der Waals surface area contributed by atoms with Crippen molar-refractivity contribution in [3.8, 4) is 0 Å². The zero-order chi connectivity index (χ0) is 25.7. The lowest BCUT2D eigenvalue weighted by molar-refractivity contribution is 0.302. The van der Waals surface area contributed by atoms with Crippen molar-refractivity contribution in [3.63, 3.8) is 0 Å². The molecule has 35 heavy (non-hydrogen) atoms. The highest BCUT2D eigenvalue weighted by Gasteiger charge is 3.04. The number of benzene rings is 2. The van der Waals surface area contributed by atoms with Gasteiger partial charge in [0.2, 0.25) is 0 Å². The number of rotatable bonds is 2. The van der Waals surface area contributed by atoms with Crippen molar-refractivity contribution in [2.75, 3.05) is 0 Å². The molecule has 0 aliphatic carbocycles. The standard InChI is InChI=1S/C30H40OP4/c1-17-13-19(3)23(20(4)14-17)28-30(27(10,11)12)33-25(26(7,8)9)32-35(28)29(33,31-34(28)30)24-21(5)15-18(2)16-22(24)6/h13-16H,1-12H3. The fraction of sp³-hybridized carbons (Fsp3) is 0.567. The third-order valence-corrected chi connectivity index (χ3v) is 28.0. The lowest BCUT2D eigenvalue weighted by Gasteiger charge is -2.42. The average molecular weight is 541 g/mol. The quantitative estimate of drug-likeness (QED) is 0.344. The van der Waals surface area contributed by atoms with E-state index in [1.165, 1.54) is 33.4 Å². The van der Waals surface area contributed by atoms with Crippen LogP contribution in [0.2, 0.25) is 0 Å². The summed E-state index contributed by atoms with van der Waals surface area (Å²) in [5.41, 5.74) is 12.4. The molecule has 2 aromatic rings. The molecule has 2 aromatic carbocycles. The van der Waals surface area contributed by atoms with Gasteiger partial charge in [-0.05, 0) is 98.7 Å². The topological polar surface area (TPSA) is 9.23 Å². The second-order valence-corrected chi connectivity index (χ2v) is 23.8. The van der Waals surface area contributed by atoms with Crippen LogP contribution in [0, 0.1) is 52.4 Å². The Morgan fingerprint density at radius 1 is 0.714 bits per heavy atom. The highest BCUT2D eigenvalue weighted by atomic mass is 32.0. The van der Waals surface area contributed by atoms with Gasteiger partial charge in [-0.1, -0.05) is 84.8 Å². The van der Waals surface area contributed by atoms with Gasteiger partial charge >= 0.3 is 0 Å².